The number of piperazine rings is 1. The maximum Gasteiger partial charge on any atom is 0.295 e. The maximum absolute atomic E-state index is 12.1. The van der Waals surface area contributed by atoms with Gasteiger partial charge in [0, 0.05) is 5.56 Å². The maximum atomic E-state index is 12.1. The van der Waals surface area contributed by atoms with Crippen molar-refractivity contribution in [1.29, 1.82) is 0 Å². The first-order valence-electron chi connectivity index (χ1n) is 9.29. The Bertz CT molecular complexity index is 737. The summed E-state index contributed by atoms with van der Waals surface area (Å²) >= 11 is 0. The average Bonchev–Trinajstić information content (AvgIpc) is 2.64. The zero-order valence-corrected chi connectivity index (χ0v) is 15.4. The van der Waals surface area contributed by atoms with Crippen LogP contribution in [0.4, 0.5) is 0 Å². The van der Waals surface area contributed by atoms with E-state index in [1.165, 1.54) is 16.0 Å². The Morgan fingerprint density at radius 2 is 1.77 bits per heavy atom. The summed E-state index contributed by atoms with van der Waals surface area (Å²) in [6.45, 7) is 7.85. The molecule has 0 aromatic heterocycles. The molecular weight excluding hydrogens is 324 g/mol. The quantitative estimate of drug-likeness (QED) is 0.473. The Morgan fingerprint density at radius 1 is 1.04 bits per heavy atom. The average molecular weight is 352 g/mol. The predicted molar refractivity (Wildman–Crippen MR) is 103 cm³/mol. The molecule has 0 radical (unpaired) electrons. The van der Waals surface area contributed by atoms with Gasteiger partial charge < -0.3 is 9.80 Å². The fourth-order valence-corrected chi connectivity index (χ4v) is 3.39. The van der Waals surface area contributed by atoms with Gasteiger partial charge in [-0.2, -0.15) is 5.10 Å². The molecule has 2 aromatic rings. The smallest absolute Gasteiger partial charge is 0.295 e. The Kier molecular flexibility index (Phi) is 6.52. The van der Waals surface area contributed by atoms with Crippen LogP contribution in [0.1, 0.15) is 16.7 Å². The molecule has 0 bridgehead atoms. The number of aryl methyl sites for hydroxylation is 1. The van der Waals surface area contributed by atoms with Crippen molar-refractivity contribution >= 4 is 12.1 Å². The molecule has 1 saturated heterocycles. The van der Waals surface area contributed by atoms with Crippen LogP contribution in [-0.4, -0.2) is 44.8 Å². The van der Waals surface area contributed by atoms with E-state index in [0.717, 1.165) is 38.3 Å². The number of quaternary nitrogens is 2. The number of rotatable bonds is 6. The molecule has 0 atom stereocenters. The summed E-state index contributed by atoms with van der Waals surface area (Å²) in [5.41, 5.74) is 6.21. The lowest BCUT2D eigenvalue weighted by Crippen LogP contribution is -3.28. The van der Waals surface area contributed by atoms with Crippen molar-refractivity contribution in [2.75, 3.05) is 32.7 Å². The Morgan fingerprint density at radius 3 is 2.50 bits per heavy atom. The second-order valence-electron chi connectivity index (χ2n) is 7.05. The van der Waals surface area contributed by atoms with E-state index in [4.69, 9.17) is 0 Å². The van der Waals surface area contributed by atoms with Gasteiger partial charge in [0.05, 0.1) is 6.21 Å². The number of hydrogen-bond acceptors (Lipinski definition) is 2. The molecule has 26 heavy (non-hydrogen) atoms. The minimum Gasteiger partial charge on any atom is -0.322 e. The highest BCUT2D eigenvalue weighted by Gasteiger charge is 2.24. The van der Waals surface area contributed by atoms with E-state index in [2.05, 4.69) is 40.9 Å². The van der Waals surface area contributed by atoms with Crippen LogP contribution in [0.15, 0.2) is 59.7 Å². The van der Waals surface area contributed by atoms with Crippen LogP contribution in [0.3, 0.4) is 0 Å². The summed E-state index contributed by atoms with van der Waals surface area (Å²) in [4.78, 5) is 15.0. The third-order valence-electron chi connectivity index (χ3n) is 4.82. The third-order valence-corrected chi connectivity index (χ3v) is 4.82. The topological polar surface area (TPSA) is 50.3 Å². The van der Waals surface area contributed by atoms with Crippen molar-refractivity contribution < 1.29 is 14.6 Å². The number of amides is 1. The highest BCUT2D eigenvalue weighted by molar-refractivity contribution is 5.82. The van der Waals surface area contributed by atoms with E-state index >= 15 is 0 Å². The lowest BCUT2D eigenvalue weighted by Gasteiger charge is -2.29. The van der Waals surface area contributed by atoms with Crippen LogP contribution in [0.5, 0.6) is 0 Å². The van der Waals surface area contributed by atoms with Gasteiger partial charge in [-0.3, -0.25) is 4.79 Å². The second kappa shape index (κ2) is 9.27. The van der Waals surface area contributed by atoms with Gasteiger partial charge in [-0.25, -0.2) is 5.43 Å². The molecule has 1 heterocycles. The molecule has 0 saturated carbocycles. The van der Waals surface area contributed by atoms with Gasteiger partial charge in [-0.15, -0.1) is 0 Å². The molecule has 1 aliphatic rings. The zero-order valence-electron chi connectivity index (χ0n) is 15.4. The summed E-state index contributed by atoms with van der Waals surface area (Å²) in [5, 5.41) is 4.08. The number of nitrogens with zero attached hydrogens (tertiary/aromatic N) is 1. The van der Waals surface area contributed by atoms with Crippen LogP contribution in [0.2, 0.25) is 0 Å². The standard InChI is InChI=1S/C21H26N4O/c1-18-6-5-9-20(14-18)15-22-23-21(26)17-25-12-10-24(11-13-25)16-19-7-3-2-4-8-19/h2-9,14-15H,10-13,16-17H2,1H3,(H,23,26)/p+2. The van der Waals surface area contributed by atoms with Gasteiger partial charge >= 0.3 is 0 Å². The Hall–Kier alpha value is -2.50. The third kappa shape index (κ3) is 5.79. The highest BCUT2D eigenvalue weighted by atomic mass is 16.2. The number of carbonyl (C=O) groups excluding carboxylic acids is 1. The van der Waals surface area contributed by atoms with Crippen LogP contribution < -0.4 is 15.2 Å². The van der Waals surface area contributed by atoms with Gasteiger partial charge in [-0.1, -0.05) is 60.2 Å². The summed E-state index contributed by atoms with van der Waals surface area (Å²) in [5.74, 6) is -0.0181. The van der Waals surface area contributed by atoms with Crippen molar-refractivity contribution in [3.63, 3.8) is 0 Å². The molecule has 0 spiro atoms. The van der Waals surface area contributed by atoms with E-state index in [0.29, 0.717) is 6.54 Å². The largest absolute Gasteiger partial charge is 0.322 e. The first kappa shape index (κ1) is 18.3. The zero-order chi connectivity index (χ0) is 18.2. The molecule has 0 unspecified atom stereocenters. The summed E-state index contributed by atoms with van der Waals surface area (Å²) < 4.78 is 0. The minimum atomic E-state index is -0.0181. The van der Waals surface area contributed by atoms with Crippen molar-refractivity contribution in [3.8, 4) is 0 Å². The van der Waals surface area contributed by atoms with Crippen molar-refractivity contribution in [1.82, 2.24) is 5.43 Å². The Labute approximate surface area is 155 Å². The highest BCUT2D eigenvalue weighted by Crippen LogP contribution is 2.00. The number of carbonyl (C=O) groups is 1. The number of hydrogen-bond donors (Lipinski definition) is 3. The Balaban J connectivity index is 1.38. The van der Waals surface area contributed by atoms with E-state index < -0.39 is 0 Å². The van der Waals surface area contributed by atoms with E-state index in [-0.39, 0.29) is 5.91 Å². The van der Waals surface area contributed by atoms with Crippen LogP contribution in [0, 0.1) is 6.92 Å². The molecular formula is C21H28N4O+2. The number of benzene rings is 2. The SMILES string of the molecule is Cc1cccc(C=NNC(=O)C[NH+]2CC[NH+](Cc3ccccc3)CC2)c1. The summed E-state index contributed by atoms with van der Waals surface area (Å²) in [6.07, 6.45) is 1.70. The van der Waals surface area contributed by atoms with Gasteiger partial charge in [0.25, 0.3) is 5.91 Å². The van der Waals surface area contributed by atoms with Gasteiger partial charge in [0.15, 0.2) is 6.54 Å². The van der Waals surface area contributed by atoms with E-state index in [9.17, 15) is 4.79 Å². The van der Waals surface area contributed by atoms with Crippen molar-refractivity contribution in [2.45, 2.75) is 13.5 Å². The molecule has 5 nitrogen and oxygen atoms in total. The van der Waals surface area contributed by atoms with Gasteiger partial charge in [0.2, 0.25) is 0 Å². The van der Waals surface area contributed by atoms with Gasteiger partial charge in [0.1, 0.15) is 32.7 Å². The monoisotopic (exact) mass is 352 g/mol. The fourth-order valence-electron chi connectivity index (χ4n) is 3.39. The lowest BCUT2D eigenvalue weighted by molar-refractivity contribution is -1.02. The molecule has 1 fully saturated rings. The molecule has 1 aliphatic heterocycles. The van der Waals surface area contributed by atoms with Crippen LogP contribution in [0.25, 0.3) is 0 Å². The summed E-state index contributed by atoms with van der Waals surface area (Å²) in [7, 11) is 0. The first-order valence-corrected chi connectivity index (χ1v) is 9.29. The minimum absolute atomic E-state index is 0.0181. The van der Waals surface area contributed by atoms with E-state index in [1.807, 2.05) is 31.2 Å². The molecule has 0 aliphatic carbocycles. The molecule has 1 amide bonds. The molecule has 3 rings (SSSR count). The van der Waals surface area contributed by atoms with E-state index in [1.54, 1.807) is 11.1 Å². The molecule has 136 valence electrons. The number of hydrazone groups is 1. The molecule has 2 aromatic carbocycles. The first-order chi connectivity index (χ1) is 12.7. The summed E-state index contributed by atoms with van der Waals surface area (Å²) in [6, 6.07) is 18.7. The number of nitrogens with one attached hydrogen (secondary N) is 3. The van der Waals surface area contributed by atoms with Gasteiger partial charge in [-0.05, 0) is 12.5 Å². The normalized spacial score (nSPS) is 20.2. The van der Waals surface area contributed by atoms with Crippen LogP contribution >= 0.6 is 0 Å². The fraction of sp³-hybridized carbons (Fsp3) is 0.333. The second-order valence-corrected chi connectivity index (χ2v) is 7.05. The van der Waals surface area contributed by atoms with Crippen LogP contribution in [-0.2, 0) is 11.3 Å². The van der Waals surface area contributed by atoms with Crippen molar-refractivity contribution in [3.05, 3.63) is 71.3 Å². The molecule has 3 N–H and O–H groups in total. The lowest BCUT2D eigenvalue weighted by atomic mass is 10.2. The van der Waals surface area contributed by atoms with Crippen molar-refractivity contribution in [2.24, 2.45) is 5.10 Å². The predicted octanol–water partition coefficient (Wildman–Crippen LogP) is -0.571. The molecule has 5 heteroatoms.